The van der Waals surface area contributed by atoms with Crippen LogP contribution >= 0.6 is 27.5 Å². The van der Waals surface area contributed by atoms with Crippen molar-refractivity contribution in [1.82, 2.24) is 9.97 Å². The third-order valence-electron chi connectivity index (χ3n) is 1.97. The Morgan fingerprint density at radius 1 is 1.33 bits per heavy atom. The second-order valence-electron chi connectivity index (χ2n) is 3.24. The Kier molecular flexibility index (Phi) is 3.78. The van der Waals surface area contributed by atoms with E-state index >= 15 is 0 Å². The van der Waals surface area contributed by atoms with Gasteiger partial charge in [-0.3, -0.25) is 0 Å². The maximum atomic E-state index is 10.6. The van der Waals surface area contributed by atoms with Crippen LogP contribution in [0.1, 0.15) is 10.4 Å². The topological polar surface area (TPSA) is 72.3 Å². The molecule has 0 aliphatic rings. The van der Waals surface area contributed by atoms with Crippen molar-refractivity contribution in [2.24, 2.45) is 0 Å². The first-order valence-corrected chi connectivity index (χ1v) is 5.91. The fourth-order valence-corrected chi connectivity index (χ4v) is 1.90. The molecule has 7 heteroatoms. The van der Waals surface area contributed by atoms with Gasteiger partial charge in [0.1, 0.15) is 5.75 Å². The number of nitrogens with zero attached hydrogens (tertiary/aromatic N) is 2. The molecular weight excluding hydrogens is 323 g/mol. The molecule has 1 N–H and O–H groups in total. The van der Waals surface area contributed by atoms with Crippen LogP contribution in [0.2, 0.25) is 5.02 Å². The van der Waals surface area contributed by atoms with Crippen LogP contribution < -0.4 is 4.74 Å². The highest BCUT2D eigenvalue weighted by atomic mass is 79.9. The van der Waals surface area contributed by atoms with E-state index in [9.17, 15) is 4.79 Å². The van der Waals surface area contributed by atoms with Crippen LogP contribution in [0, 0.1) is 0 Å². The highest BCUT2D eigenvalue weighted by molar-refractivity contribution is 9.10. The Morgan fingerprint density at radius 2 is 2.00 bits per heavy atom. The van der Waals surface area contributed by atoms with Crippen molar-refractivity contribution >= 4 is 33.5 Å². The summed E-state index contributed by atoms with van der Waals surface area (Å²) in [6.07, 6.45) is 2.35. The van der Waals surface area contributed by atoms with Crippen LogP contribution in [-0.2, 0) is 0 Å². The molecular formula is C11H6BrClN2O3. The predicted octanol–water partition coefficient (Wildman–Crippen LogP) is 3.38. The molecule has 5 nitrogen and oxygen atoms in total. The molecule has 0 aliphatic heterocycles. The van der Waals surface area contributed by atoms with E-state index in [1.54, 1.807) is 18.2 Å². The number of ether oxygens (including phenoxy) is 1. The molecule has 0 spiro atoms. The minimum Gasteiger partial charge on any atom is -0.478 e. The zero-order valence-corrected chi connectivity index (χ0v) is 11.1. The lowest BCUT2D eigenvalue weighted by Gasteiger charge is -2.05. The molecule has 0 radical (unpaired) electrons. The van der Waals surface area contributed by atoms with Crippen LogP contribution in [0.25, 0.3) is 0 Å². The minimum atomic E-state index is -1.09. The van der Waals surface area contributed by atoms with Crippen molar-refractivity contribution < 1.29 is 14.6 Å². The van der Waals surface area contributed by atoms with E-state index in [0.717, 1.165) is 0 Å². The van der Waals surface area contributed by atoms with E-state index in [4.69, 9.17) is 21.4 Å². The SMILES string of the molecule is O=C(O)c1cnc(Oc2ccc(Cl)cc2Br)nc1. The summed E-state index contributed by atoms with van der Waals surface area (Å²) in [5.74, 6) is -0.600. The summed E-state index contributed by atoms with van der Waals surface area (Å²) < 4.78 is 6.03. The van der Waals surface area contributed by atoms with E-state index < -0.39 is 5.97 Å². The van der Waals surface area contributed by atoms with Gasteiger partial charge in [0.2, 0.25) is 0 Å². The van der Waals surface area contributed by atoms with Crippen molar-refractivity contribution in [1.29, 1.82) is 0 Å². The van der Waals surface area contributed by atoms with Gasteiger partial charge in [-0.05, 0) is 34.1 Å². The van der Waals surface area contributed by atoms with E-state index in [0.29, 0.717) is 15.2 Å². The van der Waals surface area contributed by atoms with Gasteiger partial charge in [0.25, 0.3) is 0 Å². The minimum absolute atomic E-state index is 0.00229. The van der Waals surface area contributed by atoms with Gasteiger partial charge in [0.05, 0.1) is 10.0 Å². The number of aromatic carboxylic acids is 1. The average molecular weight is 330 g/mol. The molecule has 0 amide bonds. The lowest BCUT2D eigenvalue weighted by Crippen LogP contribution is -2.00. The van der Waals surface area contributed by atoms with Crippen LogP contribution in [-0.4, -0.2) is 21.0 Å². The van der Waals surface area contributed by atoms with Crippen LogP contribution in [0.5, 0.6) is 11.8 Å². The zero-order chi connectivity index (χ0) is 13.1. The van der Waals surface area contributed by atoms with Gasteiger partial charge >= 0.3 is 12.0 Å². The first-order chi connectivity index (χ1) is 8.56. The smallest absolute Gasteiger partial charge is 0.338 e. The summed E-state index contributed by atoms with van der Waals surface area (Å²) in [6, 6.07) is 5.04. The summed E-state index contributed by atoms with van der Waals surface area (Å²) in [5, 5.41) is 9.26. The molecule has 92 valence electrons. The zero-order valence-electron chi connectivity index (χ0n) is 8.80. The standard InChI is InChI=1S/C11H6BrClN2O3/c12-8-3-7(13)1-2-9(8)18-11-14-4-6(5-15-11)10(16)17/h1-5H,(H,16,17). The van der Waals surface area contributed by atoms with Crippen molar-refractivity contribution in [3.8, 4) is 11.8 Å². The summed E-state index contributed by atoms with van der Waals surface area (Å²) in [7, 11) is 0. The van der Waals surface area contributed by atoms with E-state index in [1.165, 1.54) is 12.4 Å². The first-order valence-electron chi connectivity index (χ1n) is 4.74. The second-order valence-corrected chi connectivity index (χ2v) is 4.53. The number of benzene rings is 1. The molecule has 0 fully saturated rings. The molecule has 0 aliphatic carbocycles. The number of carboxylic acids is 1. The van der Waals surface area contributed by atoms with Gasteiger partial charge in [-0.1, -0.05) is 11.6 Å². The Hall–Kier alpha value is -1.66. The number of aromatic nitrogens is 2. The van der Waals surface area contributed by atoms with E-state index in [-0.39, 0.29) is 11.6 Å². The molecule has 0 atom stereocenters. The summed E-state index contributed by atoms with van der Waals surface area (Å²) >= 11 is 9.08. The Bertz CT molecular complexity index is 589. The lowest BCUT2D eigenvalue weighted by atomic mass is 10.3. The molecule has 18 heavy (non-hydrogen) atoms. The van der Waals surface area contributed by atoms with Gasteiger partial charge in [-0.15, -0.1) is 0 Å². The lowest BCUT2D eigenvalue weighted by molar-refractivity contribution is 0.0696. The third kappa shape index (κ3) is 2.96. The number of hydrogen-bond donors (Lipinski definition) is 1. The molecule has 0 saturated heterocycles. The van der Waals surface area contributed by atoms with Crippen LogP contribution in [0.4, 0.5) is 0 Å². The van der Waals surface area contributed by atoms with E-state index in [2.05, 4.69) is 25.9 Å². The quantitative estimate of drug-likeness (QED) is 0.934. The third-order valence-corrected chi connectivity index (χ3v) is 2.83. The molecule has 0 saturated carbocycles. The van der Waals surface area contributed by atoms with Crippen molar-refractivity contribution in [2.45, 2.75) is 0 Å². The number of hydrogen-bond acceptors (Lipinski definition) is 4. The van der Waals surface area contributed by atoms with E-state index in [1.807, 2.05) is 0 Å². The van der Waals surface area contributed by atoms with Gasteiger partial charge in [0.15, 0.2) is 0 Å². The molecule has 2 aromatic rings. The fourth-order valence-electron chi connectivity index (χ4n) is 1.14. The van der Waals surface area contributed by atoms with Gasteiger partial charge in [-0.25, -0.2) is 14.8 Å². The maximum Gasteiger partial charge on any atom is 0.338 e. The number of rotatable bonds is 3. The molecule has 0 unspecified atom stereocenters. The van der Waals surface area contributed by atoms with Crippen molar-refractivity contribution in [3.05, 3.63) is 45.7 Å². The Labute approximate surface area is 116 Å². The molecule has 1 heterocycles. The summed E-state index contributed by atoms with van der Waals surface area (Å²) in [4.78, 5) is 18.2. The van der Waals surface area contributed by atoms with Crippen molar-refractivity contribution in [2.75, 3.05) is 0 Å². The number of carboxylic acid groups (broad SMARTS) is 1. The summed E-state index contributed by atoms with van der Waals surface area (Å²) in [6.45, 7) is 0. The molecule has 0 bridgehead atoms. The van der Waals surface area contributed by atoms with Gasteiger partial charge in [0, 0.05) is 17.4 Å². The number of halogens is 2. The maximum absolute atomic E-state index is 10.6. The first kappa shape index (κ1) is 12.8. The number of carbonyl (C=O) groups is 1. The van der Waals surface area contributed by atoms with Crippen LogP contribution in [0.3, 0.4) is 0 Å². The van der Waals surface area contributed by atoms with Gasteiger partial charge < -0.3 is 9.84 Å². The van der Waals surface area contributed by atoms with Crippen molar-refractivity contribution in [3.63, 3.8) is 0 Å². The highest BCUT2D eigenvalue weighted by Gasteiger charge is 2.08. The Balaban J connectivity index is 2.21. The van der Waals surface area contributed by atoms with Gasteiger partial charge in [-0.2, -0.15) is 0 Å². The monoisotopic (exact) mass is 328 g/mol. The molecule has 1 aromatic heterocycles. The Morgan fingerprint density at radius 3 is 2.56 bits per heavy atom. The normalized spacial score (nSPS) is 10.1. The average Bonchev–Trinajstić information content (AvgIpc) is 2.33. The predicted molar refractivity (Wildman–Crippen MR) is 68.2 cm³/mol. The van der Waals surface area contributed by atoms with Crippen LogP contribution in [0.15, 0.2) is 35.1 Å². The fraction of sp³-hybridized carbons (Fsp3) is 0. The highest BCUT2D eigenvalue weighted by Crippen LogP contribution is 2.30. The second kappa shape index (κ2) is 5.32. The largest absolute Gasteiger partial charge is 0.478 e. The molecule has 1 aromatic carbocycles. The summed E-state index contributed by atoms with van der Waals surface area (Å²) in [5.41, 5.74) is -0.00229. The molecule has 2 rings (SSSR count).